The Balaban J connectivity index is 0.000000154. The van der Waals surface area contributed by atoms with Crippen molar-refractivity contribution in [3.8, 4) is 38.3 Å². The first-order valence-corrected chi connectivity index (χ1v) is 39.3. The Morgan fingerprint density at radius 3 is 1.28 bits per heavy atom. The van der Waals surface area contributed by atoms with Crippen LogP contribution in [0.15, 0.2) is 217 Å². The third-order valence-electron chi connectivity index (χ3n) is 19.4. The van der Waals surface area contributed by atoms with Crippen LogP contribution in [0, 0.1) is 0 Å². The fraction of sp³-hybridized carbons (Fsp3) is 0.381. The Morgan fingerprint density at radius 2 is 0.760 bits per heavy atom. The standard InChI is InChI=1S/C15H18O.C14H20O.C14H16O.C14H20.C14H16.2C13H15NS/c1-15(2,3)14-12-8-6-5-7-11(12)9-10-13(14)16-4;2*1-14(2,3)13-11-7-5-4-6-10(11)8-9-12(13)15;2*1-14(2,3)13-10-6-8-11-7-4-5-9-12(11)13;1-13(2,3)11-7-5-4-6-10(11)12-8-14-9-15-12;1-13(2,3)11-7-5-4-6-10(11)12-14-8-9-15-12/h5-10H,1-4H3;8-9,15H,4-7H2,1-3H3;4-9,15H,1-3H3;6,8,10H,4-5,7,9H2,1-3H3;4-10H,1-3H3;2*4-9H,1-3H3. The molecule has 104 heavy (non-hydrogen) atoms. The summed E-state index contributed by atoms with van der Waals surface area (Å²) in [6.45, 7) is 46.7. The van der Waals surface area contributed by atoms with E-state index >= 15 is 0 Å². The SMILES string of the molecule is CC(C)(C)c1c(O)ccc2c1CCCC2.CC(C)(C)c1c(O)ccc2ccccc12.CC(C)(C)c1cccc2c1CCCC2.CC(C)(C)c1cccc2ccccc12.CC(C)(C)c1ccccc1-c1cncs1.CC(C)(C)c1ccccc1-c1nccs1.COc1ccc2ccccc2c1C(C)(C)C. The Bertz CT molecular complexity index is 4620. The van der Waals surface area contributed by atoms with Crippen molar-refractivity contribution in [3.05, 3.63) is 279 Å². The average molecular weight is 1430 g/mol. The van der Waals surface area contributed by atoms with Crippen LogP contribution in [0.5, 0.6) is 17.2 Å². The first-order valence-electron chi connectivity index (χ1n) is 37.6. The zero-order valence-electron chi connectivity index (χ0n) is 67.0. The minimum Gasteiger partial charge on any atom is -0.508 e. The number of methoxy groups -OCH3 is 1. The zero-order valence-corrected chi connectivity index (χ0v) is 68.6. The van der Waals surface area contributed by atoms with E-state index in [9.17, 15) is 10.2 Å². The lowest BCUT2D eigenvalue weighted by atomic mass is 9.77. The molecule has 2 heterocycles. The van der Waals surface area contributed by atoms with E-state index in [4.69, 9.17) is 4.74 Å². The van der Waals surface area contributed by atoms with E-state index in [0.717, 1.165) is 28.1 Å². The van der Waals surface area contributed by atoms with Gasteiger partial charge in [0, 0.05) is 40.0 Å². The molecule has 2 N–H and O–H groups in total. The largest absolute Gasteiger partial charge is 0.508 e. The Kier molecular flexibility index (Phi) is 27.1. The van der Waals surface area contributed by atoms with E-state index in [1.54, 1.807) is 52.5 Å². The fourth-order valence-corrected chi connectivity index (χ4v) is 16.0. The van der Waals surface area contributed by atoms with Crippen LogP contribution in [0.2, 0.25) is 0 Å². The van der Waals surface area contributed by atoms with Gasteiger partial charge in [0.25, 0.3) is 0 Å². The molecule has 0 fully saturated rings. The second-order valence-electron chi connectivity index (χ2n) is 35.1. The van der Waals surface area contributed by atoms with Gasteiger partial charge < -0.3 is 14.9 Å². The topological polar surface area (TPSA) is 75.5 Å². The maximum absolute atomic E-state index is 10.0. The molecule has 0 spiro atoms. The van der Waals surface area contributed by atoms with Crippen molar-refractivity contribution in [2.45, 2.75) is 235 Å². The van der Waals surface area contributed by atoms with Gasteiger partial charge in [-0.1, -0.05) is 321 Å². The van der Waals surface area contributed by atoms with Crippen LogP contribution in [0.25, 0.3) is 53.3 Å². The lowest BCUT2D eigenvalue weighted by Gasteiger charge is -2.28. The van der Waals surface area contributed by atoms with Gasteiger partial charge in [-0.05, 0) is 190 Å². The minimum atomic E-state index is -0.0368. The number of fused-ring (bicyclic) bond motifs is 5. The van der Waals surface area contributed by atoms with Crippen molar-refractivity contribution in [1.82, 2.24) is 9.97 Å². The first kappa shape index (κ1) is 81.3. The van der Waals surface area contributed by atoms with Crippen molar-refractivity contribution in [2.24, 2.45) is 0 Å². The average Bonchev–Trinajstić information content (AvgIpc) is 1.06. The van der Waals surface area contributed by atoms with Crippen LogP contribution in [-0.4, -0.2) is 27.3 Å². The van der Waals surface area contributed by atoms with E-state index in [1.165, 1.54) is 127 Å². The van der Waals surface area contributed by atoms with Gasteiger partial charge in [-0.2, -0.15) is 0 Å². The molecule has 0 radical (unpaired) electrons. The monoisotopic (exact) mass is 1420 g/mol. The molecule has 548 valence electrons. The summed E-state index contributed by atoms with van der Waals surface area (Å²) in [5, 5.41) is 30.7. The molecule has 0 saturated heterocycles. The summed E-state index contributed by atoms with van der Waals surface area (Å²) in [6, 6.07) is 67.5. The maximum atomic E-state index is 10.0. The van der Waals surface area contributed by atoms with Gasteiger partial charge in [-0.25, -0.2) is 4.98 Å². The predicted octanol–water partition coefficient (Wildman–Crippen LogP) is 27.8. The summed E-state index contributed by atoms with van der Waals surface area (Å²) >= 11 is 3.39. The molecule has 14 rings (SSSR count). The molecule has 0 saturated carbocycles. The molecule has 12 aromatic rings. The number of hydrogen-bond acceptors (Lipinski definition) is 7. The predicted molar refractivity (Wildman–Crippen MR) is 454 cm³/mol. The number of aryl methyl sites for hydroxylation is 2. The van der Waals surface area contributed by atoms with Gasteiger partial charge in [0.15, 0.2) is 0 Å². The highest BCUT2D eigenvalue weighted by atomic mass is 32.1. The van der Waals surface area contributed by atoms with Gasteiger partial charge in [-0.3, -0.25) is 4.98 Å². The van der Waals surface area contributed by atoms with Crippen molar-refractivity contribution in [2.75, 3.05) is 7.11 Å². The van der Waals surface area contributed by atoms with Gasteiger partial charge in [-0.15, -0.1) is 22.7 Å². The highest BCUT2D eigenvalue weighted by Crippen LogP contribution is 2.42. The third kappa shape index (κ3) is 21.4. The van der Waals surface area contributed by atoms with Crippen molar-refractivity contribution >= 4 is 55.0 Å². The van der Waals surface area contributed by atoms with Gasteiger partial charge in [0.05, 0.1) is 17.5 Å². The molecular weight excluding hydrogens is 1310 g/mol. The number of phenolic OH excluding ortho intramolecular Hbond substituents is 2. The normalized spacial score (nSPS) is 13.1. The Morgan fingerprint density at radius 1 is 0.346 bits per heavy atom. The van der Waals surface area contributed by atoms with Gasteiger partial charge in [0.2, 0.25) is 0 Å². The van der Waals surface area contributed by atoms with Crippen molar-refractivity contribution in [3.63, 3.8) is 0 Å². The summed E-state index contributed by atoms with van der Waals surface area (Å²) < 4.78 is 5.48. The number of thiazole rings is 2. The van der Waals surface area contributed by atoms with Crippen LogP contribution in [0.1, 0.15) is 232 Å². The minimum absolute atomic E-state index is 0.0368. The summed E-state index contributed by atoms with van der Waals surface area (Å²) in [4.78, 5) is 9.77. The molecule has 0 bridgehead atoms. The van der Waals surface area contributed by atoms with Crippen LogP contribution in [0.4, 0.5) is 0 Å². The molecule has 2 aliphatic rings. The number of hydrogen-bond donors (Lipinski definition) is 2. The number of rotatable bonds is 3. The van der Waals surface area contributed by atoms with Crippen LogP contribution in [-0.2, 0) is 63.6 Å². The second kappa shape index (κ2) is 34.7. The maximum Gasteiger partial charge on any atom is 0.123 e. The van der Waals surface area contributed by atoms with Gasteiger partial charge >= 0.3 is 0 Å². The van der Waals surface area contributed by atoms with Crippen LogP contribution in [0.3, 0.4) is 0 Å². The molecule has 10 aromatic carbocycles. The molecular formula is C97H120N2O3S2. The molecule has 2 aliphatic carbocycles. The summed E-state index contributed by atoms with van der Waals surface area (Å²) in [5.74, 6) is 1.84. The number of ether oxygens (including phenoxy) is 1. The number of nitrogens with zero attached hydrogens (tertiary/aromatic N) is 2. The number of benzene rings is 10. The lowest BCUT2D eigenvalue weighted by molar-refractivity contribution is 0.399. The van der Waals surface area contributed by atoms with E-state index in [0.29, 0.717) is 16.9 Å². The molecule has 7 heteroatoms. The summed E-state index contributed by atoms with van der Waals surface area (Å²) in [7, 11) is 1.74. The first-order chi connectivity index (χ1) is 48.9. The molecule has 5 nitrogen and oxygen atoms in total. The molecule has 0 amide bonds. The third-order valence-corrected chi connectivity index (χ3v) is 21.0. The Hall–Kier alpha value is -8.36. The number of aromatic nitrogens is 2. The molecule has 0 unspecified atom stereocenters. The summed E-state index contributed by atoms with van der Waals surface area (Å²) in [5.41, 5.74) is 20.8. The van der Waals surface area contributed by atoms with Crippen LogP contribution < -0.4 is 4.74 Å². The second-order valence-corrected chi connectivity index (χ2v) is 36.9. The highest BCUT2D eigenvalue weighted by molar-refractivity contribution is 7.13. The van der Waals surface area contributed by atoms with E-state index in [1.807, 2.05) is 47.5 Å². The van der Waals surface area contributed by atoms with Crippen LogP contribution >= 0.6 is 22.7 Å². The molecule has 0 atom stereocenters. The fourth-order valence-electron chi connectivity index (χ4n) is 14.6. The lowest BCUT2D eigenvalue weighted by Crippen LogP contribution is -2.18. The smallest absolute Gasteiger partial charge is 0.123 e. The van der Waals surface area contributed by atoms with E-state index in [-0.39, 0.29) is 32.5 Å². The van der Waals surface area contributed by atoms with Gasteiger partial charge in [0.1, 0.15) is 22.3 Å². The summed E-state index contributed by atoms with van der Waals surface area (Å²) in [6.07, 6.45) is 14.0. The number of aromatic hydroxyl groups is 2. The zero-order chi connectivity index (χ0) is 76.0. The number of phenols is 2. The highest BCUT2D eigenvalue weighted by Gasteiger charge is 2.28. The van der Waals surface area contributed by atoms with E-state index in [2.05, 4.69) is 319 Å². The Labute approximate surface area is 634 Å². The quantitative estimate of drug-likeness (QED) is 0.184. The van der Waals surface area contributed by atoms with Crippen molar-refractivity contribution in [1.29, 1.82) is 0 Å². The van der Waals surface area contributed by atoms with Crippen molar-refractivity contribution < 1.29 is 14.9 Å². The molecule has 2 aromatic heterocycles. The van der Waals surface area contributed by atoms with E-state index < -0.39 is 0 Å². The molecule has 0 aliphatic heterocycles.